The zero-order chi connectivity index (χ0) is 31.5. The highest BCUT2D eigenvalue weighted by atomic mass is 32.2. The van der Waals surface area contributed by atoms with E-state index in [1.54, 1.807) is 7.11 Å². The molecule has 12 nitrogen and oxygen atoms in total. The fourth-order valence-electron chi connectivity index (χ4n) is 7.83. The van der Waals surface area contributed by atoms with Crippen molar-refractivity contribution in [2.75, 3.05) is 27.8 Å². The average molecular weight is 632 g/mol. The van der Waals surface area contributed by atoms with Crippen LogP contribution in [-0.4, -0.2) is 104 Å². The van der Waals surface area contributed by atoms with Gasteiger partial charge in [-0.05, 0) is 38.1 Å². The van der Waals surface area contributed by atoms with Crippen molar-refractivity contribution < 1.29 is 52.3 Å². The second kappa shape index (κ2) is 11.6. The van der Waals surface area contributed by atoms with E-state index in [9.17, 15) is 19.2 Å². The minimum Gasteiger partial charge on any atom is -0.493 e. The van der Waals surface area contributed by atoms with Crippen LogP contribution in [0.2, 0.25) is 0 Å². The second-order valence-electron chi connectivity index (χ2n) is 11.9. The molecule has 6 rings (SSSR count). The Labute approximate surface area is 259 Å². The quantitative estimate of drug-likeness (QED) is 0.247. The van der Waals surface area contributed by atoms with Gasteiger partial charge in [0.2, 0.25) is 0 Å². The first kappa shape index (κ1) is 30.7. The molecule has 6 unspecified atom stereocenters. The monoisotopic (exact) mass is 631 g/mol. The third kappa shape index (κ3) is 4.83. The summed E-state index contributed by atoms with van der Waals surface area (Å²) < 4.78 is 40.5. The van der Waals surface area contributed by atoms with Crippen LogP contribution in [0.15, 0.2) is 24.3 Å². The van der Waals surface area contributed by atoms with E-state index >= 15 is 0 Å². The van der Waals surface area contributed by atoms with Crippen molar-refractivity contribution in [1.29, 1.82) is 0 Å². The summed E-state index contributed by atoms with van der Waals surface area (Å²) in [5, 5.41) is -0.331. The van der Waals surface area contributed by atoms with Gasteiger partial charge in [0.1, 0.15) is 11.5 Å². The summed E-state index contributed by atoms with van der Waals surface area (Å²) >= 11 is 1.30. The number of nitrogens with zero attached hydrogens (tertiary/aromatic N) is 1. The lowest BCUT2D eigenvalue weighted by Gasteiger charge is -2.57. The fraction of sp³-hybridized carbons (Fsp3) is 0.613. The van der Waals surface area contributed by atoms with Gasteiger partial charge >= 0.3 is 23.9 Å². The molecule has 1 spiro atoms. The fourth-order valence-corrected chi connectivity index (χ4v) is 9.31. The summed E-state index contributed by atoms with van der Waals surface area (Å²) in [6.07, 6.45) is 0.338. The van der Waals surface area contributed by atoms with Gasteiger partial charge in [0.25, 0.3) is 0 Å². The first-order chi connectivity index (χ1) is 21.0. The minimum absolute atomic E-state index is 0.199. The number of likely N-dealkylation sites (N-methyl/N-ethyl adjacent to an activating group) is 1. The molecule has 2 fully saturated rings. The molecule has 1 aromatic rings. The topological polar surface area (TPSA) is 136 Å². The van der Waals surface area contributed by atoms with Crippen LogP contribution in [0, 0.1) is 5.92 Å². The summed E-state index contributed by atoms with van der Waals surface area (Å²) in [6, 6.07) is 4.38. The lowest BCUT2D eigenvalue weighted by Crippen LogP contribution is -2.65. The highest BCUT2D eigenvalue weighted by molar-refractivity contribution is 8.00. The Balaban J connectivity index is 1.41. The average Bonchev–Trinajstić information content (AvgIpc) is 3.32. The molecule has 0 amide bonds. The Morgan fingerprint density at radius 1 is 0.955 bits per heavy atom. The van der Waals surface area contributed by atoms with E-state index in [-0.39, 0.29) is 22.7 Å². The first-order valence-electron chi connectivity index (χ1n) is 14.7. The number of rotatable bonds is 7. The van der Waals surface area contributed by atoms with Gasteiger partial charge in [-0.15, -0.1) is 11.8 Å². The molecule has 10 atom stereocenters. The van der Waals surface area contributed by atoms with Crippen LogP contribution in [0.25, 0.3) is 0 Å². The van der Waals surface area contributed by atoms with E-state index < -0.39 is 53.7 Å². The van der Waals surface area contributed by atoms with Gasteiger partial charge in [0.05, 0.1) is 19.5 Å². The molecule has 2 saturated heterocycles. The van der Waals surface area contributed by atoms with Crippen molar-refractivity contribution in [3.05, 3.63) is 35.4 Å². The number of thioether (sulfide) groups is 1. The lowest BCUT2D eigenvalue weighted by atomic mass is 9.53. The van der Waals surface area contributed by atoms with E-state index in [2.05, 4.69) is 30.2 Å². The summed E-state index contributed by atoms with van der Waals surface area (Å²) in [5.74, 6) is -1.34. The third-order valence-electron chi connectivity index (χ3n) is 9.46. The van der Waals surface area contributed by atoms with Gasteiger partial charge < -0.3 is 38.1 Å². The number of hydrogen-bond donors (Lipinski definition) is 0. The number of piperidine rings is 1. The Morgan fingerprint density at radius 3 is 2.30 bits per heavy atom. The van der Waals surface area contributed by atoms with Gasteiger partial charge in [-0.2, -0.15) is 0 Å². The van der Waals surface area contributed by atoms with Gasteiger partial charge in [-0.25, -0.2) is 4.79 Å². The van der Waals surface area contributed by atoms with Crippen molar-refractivity contribution in [2.45, 2.75) is 86.3 Å². The predicted octanol–water partition coefficient (Wildman–Crippen LogP) is 1.94. The van der Waals surface area contributed by atoms with Crippen LogP contribution in [0.4, 0.5) is 0 Å². The van der Waals surface area contributed by atoms with Crippen molar-refractivity contribution in [1.82, 2.24) is 4.90 Å². The predicted molar refractivity (Wildman–Crippen MR) is 155 cm³/mol. The van der Waals surface area contributed by atoms with Gasteiger partial charge in [-0.1, -0.05) is 18.2 Å². The van der Waals surface area contributed by atoms with E-state index in [1.807, 2.05) is 6.07 Å². The number of methoxy groups -OCH3 is 2. The van der Waals surface area contributed by atoms with Crippen LogP contribution in [0.3, 0.4) is 0 Å². The van der Waals surface area contributed by atoms with E-state index in [0.29, 0.717) is 11.8 Å². The molecule has 2 aliphatic carbocycles. The molecular weight excluding hydrogens is 594 g/mol. The standard InChI is InChI=1S/C31H37NO11S/c1-14(33)39-24-25(40-15(2)34)27(41-16(3)35)30(43-26(24)29(36)38-6)44-21-10-8-18-19-13-17-7-9-20(37-5)23-22(17)31(18,28(21)42-23)11-12-32(19)4/h7-10,18-19,21,24-28,30H,11-13H2,1-6H3/t18-,19+,21?,24?,25?,26?,27?,28-,30?,31-/m0/s1. The molecule has 0 aromatic heterocycles. The highest BCUT2D eigenvalue weighted by Crippen LogP contribution is 2.63. The zero-order valence-electron chi connectivity index (χ0n) is 25.5. The maximum absolute atomic E-state index is 13.0. The highest BCUT2D eigenvalue weighted by Gasteiger charge is 2.65. The Morgan fingerprint density at radius 2 is 1.64 bits per heavy atom. The SMILES string of the molecule is COC(=O)C1OC(SC2C=C[C@H]3[C@H]4Cc5ccc(OC)c6c5[C@@]3(CCN4C)[C@H]2O6)C(OC(C)=O)C(OC(C)=O)C1OC(C)=O. The largest absolute Gasteiger partial charge is 0.493 e. The maximum atomic E-state index is 13.0. The number of ether oxygens (including phenoxy) is 7. The molecule has 238 valence electrons. The normalized spacial score (nSPS) is 36.4. The Hall–Kier alpha value is -3.29. The molecule has 3 aliphatic heterocycles. The van der Waals surface area contributed by atoms with Crippen LogP contribution in [0.1, 0.15) is 38.3 Å². The number of carbonyl (C=O) groups is 4. The number of esters is 4. The van der Waals surface area contributed by atoms with Crippen molar-refractivity contribution >= 4 is 35.6 Å². The van der Waals surface area contributed by atoms with Crippen LogP contribution >= 0.6 is 11.8 Å². The molecular formula is C31H37NO11S. The van der Waals surface area contributed by atoms with Crippen LogP contribution < -0.4 is 9.47 Å². The molecule has 0 N–H and O–H groups in total. The molecule has 3 heterocycles. The van der Waals surface area contributed by atoms with Crippen molar-refractivity contribution in [2.24, 2.45) is 5.92 Å². The summed E-state index contributed by atoms with van der Waals surface area (Å²) in [7, 11) is 4.97. The molecule has 5 aliphatic rings. The Bertz CT molecular complexity index is 1400. The molecule has 2 bridgehead atoms. The van der Waals surface area contributed by atoms with E-state index in [1.165, 1.54) is 43.8 Å². The smallest absolute Gasteiger partial charge is 0.339 e. The van der Waals surface area contributed by atoms with Gasteiger partial charge in [0, 0.05) is 43.7 Å². The summed E-state index contributed by atoms with van der Waals surface area (Å²) in [4.78, 5) is 52.1. The van der Waals surface area contributed by atoms with E-state index in [4.69, 9.17) is 33.2 Å². The Kier molecular flexibility index (Phi) is 8.08. The molecule has 0 radical (unpaired) electrons. The lowest BCUT2D eigenvalue weighted by molar-refractivity contribution is -0.235. The minimum atomic E-state index is -1.45. The second-order valence-corrected chi connectivity index (χ2v) is 13.2. The number of likely N-dealkylation sites (tertiary alicyclic amines) is 1. The third-order valence-corrected chi connectivity index (χ3v) is 10.8. The van der Waals surface area contributed by atoms with Crippen LogP contribution in [0.5, 0.6) is 11.5 Å². The molecule has 0 saturated carbocycles. The van der Waals surface area contributed by atoms with Gasteiger partial charge in [0.15, 0.2) is 35.9 Å². The summed E-state index contributed by atoms with van der Waals surface area (Å²) in [5.41, 5.74) is 1.07. The van der Waals surface area contributed by atoms with E-state index in [0.717, 1.165) is 32.1 Å². The van der Waals surface area contributed by atoms with Crippen LogP contribution in [-0.2, 0) is 54.7 Å². The zero-order valence-corrected chi connectivity index (χ0v) is 26.3. The summed E-state index contributed by atoms with van der Waals surface area (Å²) in [6.45, 7) is 4.44. The number of carbonyl (C=O) groups excluding carboxylic acids is 4. The molecule has 13 heteroatoms. The van der Waals surface area contributed by atoms with Gasteiger partial charge in [-0.3, -0.25) is 14.4 Å². The first-order valence-corrected chi connectivity index (χ1v) is 15.6. The van der Waals surface area contributed by atoms with Crippen molar-refractivity contribution in [3.63, 3.8) is 0 Å². The molecule has 1 aromatic carbocycles. The molecule has 44 heavy (non-hydrogen) atoms. The number of benzene rings is 1. The number of hydrogen-bond acceptors (Lipinski definition) is 13. The van der Waals surface area contributed by atoms with Crippen molar-refractivity contribution in [3.8, 4) is 11.5 Å². The maximum Gasteiger partial charge on any atom is 0.339 e.